The number of carbonyl (C=O) groups excluding carboxylic acids is 1. The summed E-state index contributed by atoms with van der Waals surface area (Å²) in [5.74, 6) is -1.65. The van der Waals surface area contributed by atoms with Crippen LogP contribution in [-0.2, 0) is 22.3 Å². The number of halogens is 3. The Morgan fingerprint density at radius 2 is 1.88 bits per heavy atom. The Kier molecular flexibility index (Phi) is 5.84. The minimum atomic E-state index is -4.69. The van der Waals surface area contributed by atoms with Gasteiger partial charge in [-0.2, -0.15) is 22.5 Å². The summed E-state index contributed by atoms with van der Waals surface area (Å²) in [5.41, 5.74) is 0.840. The molecule has 0 saturated carbocycles. The van der Waals surface area contributed by atoms with E-state index in [0.717, 1.165) is 0 Å². The summed E-state index contributed by atoms with van der Waals surface area (Å²) in [4.78, 5) is 15.4. The number of rotatable bonds is 5. The summed E-state index contributed by atoms with van der Waals surface area (Å²) < 4.78 is 57.5. The molecule has 2 rings (SSSR count). The van der Waals surface area contributed by atoms with Crippen LogP contribution >= 0.6 is 0 Å². The number of benzene rings is 1. The molecule has 10 heteroatoms. The Balaban J connectivity index is 2.11. The molecule has 0 aliphatic heterocycles. The minimum absolute atomic E-state index is 0.0169. The van der Waals surface area contributed by atoms with E-state index >= 15 is 0 Å². The summed E-state index contributed by atoms with van der Waals surface area (Å²) in [5, 5.41) is 3.28. The van der Waals surface area contributed by atoms with Gasteiger partial charge in [-0.15, -0.1) is 0 Å². The molecule has 1 amide bonds. The number of alkyl halides is 3. The van der Waals surface area contributed by atoms with Crippen molar-refractivity contribution in [2.24, 2.45) is 10.3 Å². The number of nitrogens with zero attached hydrogens (tertiary/aromatic N) is 3. The van der Waals surface area contributed by atoms with Crippen molar-refractivity contribution in [3.8, 4) is 0 Å². The second-order valence-electron chi connectivity index (χ2n) is 6.30. The maximum atomic E-state index is 12.4. The van der Waals surface area contributed by atoms with E-state index in [9.17, 15) is 22.2 Å². The smallest absolute Gasteiger partial charge is 0.329 e. The van der Waals surface area contributed by atoms with E-state index in [2.05, 4.69) is 19.0 Å². The van der Waals surface area contributed by atoms with Crippen LogP contribution in [0.15, 0.2) is 33.2 Å². The van der Waals surface area contributed by atoms with Gasteiger partial charge in [-0.25, -0.2) is 4.21 Å². The van der Waals surface area contributed by atoms with Gasteiger partial charge in [0.1, 0.15) is 0 Å². The lowest BCUT2D eigenvalue weighted by Gasteiger charge is -2.06. The second-order valence-corrected chi connectivity index (χ2v) is 8.74. The molecular formula is C16H18F3N3O3S. The van der Waals surface area contributed by atoms with Crippen LogP contribution in [0.3, 0.4) is 0 Å². The summed E-state index contributed by atoms with van der Waals surface area (Å²) in [6, 6.07) is 6.03. The first-order chi connectivity index (χ1) is 12.0. The average molecular weight is 389 g/mol. The predicted octanol–water partition coefficient (Wildman–Crippen LogP) is 3.57. The van der Waals surface area contributed by atoms with Gasteiger partial charge in [0.2, 0.25) is 0 Å². The van der Waals surface area contributed by atoms with Gasteiger partial charge < -0.3 is 4.52 Å². The van der Waals surface area contributed by atoms with E-state index in [1.54, 1.807) is 12.1 Å². The quantitative estimate of drug-likeness (QED) is 0.780. The largest absolute Gasteiger partial charge is 0.471 e. The highest BCUT2D eigenvalue weighted by molar-refractivity contribution is 7.93. The summed E-state index contributed by atoms with van der Waals surface area (Å²) in [6.07, 6.45) is -3.23. The van der Waals surface area contributed by atoms with Crippen molar-refractivity contribution >= 4 is 15.6 Å². The van der Waals surface area contributed by atoms with Crippen molar-refractivity contribution in [2.75, 3.05) is 12.0 Å². The molecule has 2 aromatic rings. The molecule has 0 aliphatic carbocycles. The Morgan fingerprint density at radius 1 is 1.27 bits per heavy atom. The van der Waals surface area contributed by atoms with Gasteiger partial charge in [0, 0.05) is 24.0 Å². The first kappa shape index (κ1) is 20.1. The van der Waals surface area contributed by atoms with Crippen molar-refractivity contribution in [3.63, 3.8) is 0 Å². The molecule has 1 aromatic carbocycles. The third-order valence-corrected chi connectivity index (χ3v) is 5.03. The highest BCUT2D eigenvalue weighted by atomic mass is 32.2. The molecule has 1 heterocycles. The van der Waals surface area contributed by atoms with E-state index in [1.165, 1.54) is 18.4 Å². The molecule has 0 fully saturated rings. The highest BCUT2D eigenvalue weighted by Gasteiger charge is 2.38. The van der Waals surface area contributed by atoms with Gasteiger partial charge in [-0.05, 0) is 23.6 Å². The molecular weight excluding hydrogens is 371 g/mol. The van der Waals surface area contributed by atoms with Gasteiger partial charge in [0.25, 0.3) is 5.91 Å². The first-order valence-electron chi connectivity index (χ1n) is 7.69. The molecule has 0 saturated heterocycles. The highest BCUT2D eigenvalue weighted by Crippen LogP contribution is 2.27. The van der Waals surface area contributed by atoms with E-state index in [1.807, 2.05) is 13.8 Å². The van der Waals surface area contributed by atoms with Crippen molar-refractivity contribution in [3.05, 3.63) is 47.1 Å². The number of hydrogen-bond acceptors (Lipinski definition) is 5. The van der Waals surface area contributed by atoms with Crippen LogP contribution in [0.25, 0.3) is 0 Å². The zero-order valence-electron chi connectivity index (χ0n) is 14.4. The predicted molar refractivity (Wildman–Crippen MR) is 89.1 cm³/mol. The van der Waals surface area contributed by atoms with E-state index in [0.29, 0.717) is 11.3 Å². The lowest BCUT2D eigenvalue weighted by atomic mass is 10.1. The zero-order chi connectivity index (χ0) is 19.5. The lowest BCUT2D eigenvalue weighted by Crippen LogP contribution is -2.11. The molecule has 0 N–H and O–H groups in total. The van der Waals surface area contributed by atoms with Crippen LogP contribution in [0.5, 0.6) is 0 Å². The minimum Gasteiger partial charge on any atom is -0.329 e. The Labute approximate surface area is 149 Å². The fourth-order valence-corrected chi connectivity index (χ4v) is 4.04. The molecule has 0 bridgehead atoms. The fraction of sp³-hybridized carbons (Fsp3) is 0.438. The molecule has 26 heavy (non-hydrogen) atoms. The molecule has 1 aromatic heterocycles. The molecule has 0 spiro atoms. The van der Waals surface area contributed by atoms with Crippen LogP contribution < -0.4 is 0 Å². The number of carbonyl (C=O) groups is 1. The third kappa shape index (κ3) is 5.65. The molecule has 142 valence electrons. The van der Waals surface area contributed by atoms with Crippen LogP contribution in [0, 0.1) is 5.92 Å². The van der Waals surface area contributed by atoms with Gasteiger partial charge in [0.15, 0.2) is 5.82 Å². The normalized spacial score (nSPS) is 14.3. The Hall–Kier alpha value is -2.23. The summed E-state index contributed by atoms with van der Waals surface area (Å²) in [7, 11) is -2.61. The molecule has 0 radical (unpaired) electrons. The fourth-order valence-electron chi connectivity index (χ4n) is 2.27. The Bertz CT molecular complexity index is 895. The first-order valence-corrected chi connectivity index (χ1v) is 9.78. The number of aromatic nitrogens is 2. The maximum absolute atomic E-state index is 12.4. The third-order valence-electron chi connectivity index (χ3n) is 3.19. The summed E-state index contributed by atoms with van der Waals surface area (Å²) >= 11 is 0. The SMILES string of the molecule is CC(C)CS(C)(=O)=NC(=O)c1ccc(Cc2noc(C(F)(F)F)n2)cc1. The van der Waals surface area contributed by atoms with Crippen molar-refractivity contribution in [1.82, 2.24) is 10.1 Å². The van der Waals surface area contributed by atoms with E-state index in [4.69, 9.17) is 0 Å². The zero-order valence-corrected chi connectivity index (χ0v) is 15.2. The van der Waals surface area contributed by atoms with Crippen molar-refractivity contribution in [1.29, 1.82) is 0 Å². The number of amides is 1. The Morgan fingerprint density at radius 3 is 2.38 bits per heavy atom. The standard InChI is InChI=1S/C16H18F3N3O3S/c1-10(2)9-26(3,24)22-14(23)12-6-4-11(5-7-12)8-13-20-15(25-21-13)16(17,18)19/h4-7,10H,8-9H2,1-3H3. The van der Waals surface area contributed by atoms with Gasteiger partial charge in [0.05, 0.1) is 9.73 Å². The van der Waals surface area contributed by atoms with Crippen LogP contribution in [-0.4, -0.2) is 32.3 Å². The topological polar surface area (TPSA) is 85.4 Å². The average Bonchev–Trinajstić information content (AvgIpc) is 2.94. The van der Waals surface area contributed by atoms with Crippen molar-refractivity contribution < 1.29 is 26.7 Å². The second kappa shape index (κ2) is 7.56. The van der Waals surface area contributed by atoms with Gasteiger partial charge >= 0.3 is 12.1 Å². The molecule has 0 aliphatic rings. The maximum Gasteiger partial charge on any atom is 0.471 e. The molecule has 1 atom stereocenters. The summed E-state index contributed by atoms with van der Waals surface area (Å²) in [6.45, 7) is 3.78. The van der Waals surface area contributed by atoms with Crippen LogP contribution in [0.2, 0.25) is 0 Å². The molecule has 1 unspecified atom stereocenters. The van der Waals surface area contributed by atoms with Gasteiger partial charge in [-0.3, -0.25) is 4.79 Å². The van der Waals surface area contributed by atoms with E-state index in [-0.39, 0.29) is 23.7 Å². The van der Waals surface area contributed by atoms with Crippen LogP contribution in [0.1, 0.15) is 41.5 Å². The number of hydrogen-bond donors (Lipinski definition) is 0. The van der Waals surface area contributed by atoms with Gasteiger partial charge in [-0.1, -0.05) is 31.1 Å². The monoisotopic (exact) mass is 389 g/mol. The molecule has 6 nitrogen and oxygen atoms in total. The van der Waals surface area contributed by atoms with Crippen molar-refractivity contribution in [2.45, 2.75) is 26.4 Å². The lowest BCUT2D eigenvalue weighted by molar-refractivity contribution is -0.159. The van der Waals surface area contributed by atoms with E-state index < -0.39 is 27.7 Å². The van der Waals surface area contributed by atoms with Crippen LogP contribution in [0.4, 0.5) is 13.2 Å².